The smallest absolute Gasteiger partial charge is 0.251 e. The van der Waals surface area contributed by atoms with E-state index in [1.165, 1.54) is 6.07 Å². The van der Waals surface area contributed by atoms with Crippen LogP contribution in [-0.4, -0.2) is 15.5 Å². The Morgan fingerprint density at radius 2 is 1.76 bits per heavy atom. The van der Waals surface area contributed by atoms with E-state index in [1.807, 2.05) is 54.0 Å². The predicted molar refractivity (Wildman–Crippen MR) is 115 cm³/mol. The van der Waals surface area contributed by atoms with E-state index in [0.29, 0.717) is 23.5 Å². The molecule has 1 amide bonds. The van der Waals surface area contributed by atoms with E-state index in [0.717, 1.165) is 15.5 Å². The molecule has 3 aromatic carbocycles. The Balaban J connectivity index is 1.68. The maximum atomic E-state index is 14.3. The summed E-state index contributed by atoms with van der Waals surface area (Å²) in [4.78, 5) is 17.4. The molecule has 4 aromatic rings. The van der Waals surface area contributed by atoms with Crippen LogP contribution in [0.5, 0.6) is 0 Å². The lowest BCUT2D eigenvalue weighted by Crippen LogP contribution is -2.28. The second-order valence-corrected chi connectivity index (χ2v) is 7.75. The molecule has 6 heteroatoms. The second-order valence-electron chi connectivity index (χ2n) is 6.84. The zero-order valence-corrected chi connectivity index (χ0v) is 17.4. The first-order valence-corrected chi connectivity index (χ1v) is 10.1. The van der Waals surface area contributed by atoms with Crippen molar-refractivity contribution in [2.75, 3.05) is 0 Å². The average Bonchev–Trinajstić information content (AvgIpc) is 3.09. The first kappa shape index (κ1) is 19.3. The summed E-state index contributed by atoms with van der Waals surface area (Å²) in [6, 6.07) is 21.2. The largest absolute Gasteiger partial charge is 0.342 e. The van der Waals surface area contributed by atoms with E-state index in [1.54, 1.807) is 24.3 Å². The molecule has 4 nitrogen and oxygen atoms in total. The second kappa shape index (κ2) is 8.17. The number of rotatable bonds is 5. The van der Waals surface area contributed by atoms with Crippen molar-refractivity contribution < 1.29 is 9.18 Å². The Labute approximate surface area is 176 Å². The van der Waals surface area contributed by atoms with Gasteiger partial charge >= 0.3 is 0 Å². The van der Waals surface area contributed by atoms with Crippen LogP contribution in [0.4, 0.5) is 4.39 Å². The van der Waals surface area contributed by atoms with E-state index in [9.17, 15) is 9.18 Å². The van der Waals surface area contributed by atoms with Gasteiger partial charge in [0.2, 0.25) is 0 Å². The highest BCUT2D eigenvalue weighted by Crippen LogP contribution is 2.23. The molecule has 0 spiro atoms. The lowest BCUT2D eigenvalue weighted by atomic mass is 10.2. The Bertz CT molecular complexity index is 1170. The first-order valence-electron chi connectivity index (χ1n) is 9.28. The Morgan fingerprint density at radius 1 is 1.07 bits per heavy atom. The topological polar surface area (TPSA) is 46.9 Å². The molecule has 1 atom stereocenters. The van der Waals surface area contributed by atoms with E-state index in [-0.39, 0.29) is 17.8 Å². The van der Waals surface area contributed by atoms with E-state index in [2.05, 4.69) is 21.2 Å². The number of halogens is 2. The number of aromatic nitrogens is 2. The van der Waals surface area contributed by atoms with Crippen molar-refractivity contribution in [3.63, 3.8) is 0 Å². The van der Waals surface area contributed by atoms with Crippen molar-refractivity contribution in [2.45, 2.75) is 19.5 Å². The van der Waals surface area contributed by atoms with Crippen molar-refractivity contribution in [3.05, 3.63) is 100 Å². The maximum Gasteiger partial charge on any atom is 0.251 e. The van der Waals surface area contributed by atoms with Gasteiger partial charge in [0.15, 0.2) is 0 Å². The highest BCUT2D eigenvalue weighted by atomic mass is 79.9. The van der Waals surface area contributed by atoms with Gasteiger partial charge < -0.3 is 9.88 Å². The summed E-state index contributed by atoms with van der Waals surface area (Å²) >= 11 is 3.37. The fourth-order valence-corrected chi connectivity index (χ4v) is 3.60. The summed E-state index contributed by atoms with van der Waals surface area (Å²) in [6.07, 6.45) is 0. The molecule has 1 unspecified atom stereocenters. The van der Waals surface area contributed by atoms with Crippen molar-refractivity contribution in [2.24, 2.45) is 0 Å². The summed E-state index contributed by atoms with van der Waals surface area (Å²) in [5.41, 5.74) is 2.85. The summed E-state index contributed by atoms with van der Waals surface area (Å²) in [5.74, 6) is 0.234. The first-order chi connectivity index (χ1) is 14.0. The molecule has 0 aliphatic heterocycles. The summed E-state index contributed by atoms with van der Waals surface area (Å²) < 4.78 is 17.1. The zero-order chi connectivity index (χ0) is 20.4. The van der Waals surface area contributed by atoms with Crippen molar-refractivity contribution in [3.8, 4) is 0 Å². The number of para-hydroxylation sites is 2. The maximum absolute atomic E-state index is 14.3. The summed E-state index contributed by atoms with van der Waals surface area (Å²) in [6.45, 7) is 2.22. The predicted octanol–water partition coefficient (Wildman–Crippen LogP) is 5.48. The summed E-state index contributed by atoms with van der Waals surface area (Å²) in [5, 5.41) is 3.00. The van der Waals surface area contributed by atoms with Gasteiger partial charge in [-0.25, -0.2) is 9.37 Å². The van der Waals surface area contributed by atoms with Gasteiger partial charge in [0.25, 0.3) is 5.91 Å². The molecule has 4 rings (SSSR count). The Kier molecular flexibility index (Phi) is 5.45. The van der Waals surface area contributed by atoms with Gasteiger partial charge in [-0.3, -0.25) is 4.79 Å². The van der Waals surface area contributed by atoms with Crippen LogP contribution in [0.15, 0.2) is 77.3 Å². The van der Waals surface area contributed by atoms with Crippen LogP contribution in [0.3, 0.4) is 0 Å². The van der Waals surface area contributed by atoms with Gasteiger partial charge in [-0.2, -0.15) is 0 Å². The molecule has 0 fully saturated rings. The monoisotopic (exact) mass is 451 g/mol. The minimum Gasteiger partial charge on any atom is -0.342 e. The van der Waals surface area contributed by atoms with Gasteiger partial charge in [0.05, 0.1) is 23.6 Å². The van der Waals surface area contributed by atoms with Gasteiger partial charge in [-0.1, -0.05) is 46.3 Å². The van der Waals surface area contributed by atoms with Crippen LogP contribution in [0.25, 0.3) is 11.0 Å². The molecule has 0 saturated carbocycles. The fraction of sp³-hybridized carbons (Fsp3) is 0.130. The lowest BCUT2D eigenvalue weighted by Gasteiger charge is -2.17. The number of nitrogens with zero attached hydrogens (tertiary/aromatic N) is 2. The molecule has 0 bridgehead atoms. The number of hydrogen-bond acceptors (Lipinski definition) is 2. The number of benzene rings is 3. The Morgan fingerprint density at radius 3 is 2.52 bits per heavy atom. The molecule has 0 aliphatic rings. The molecule has 29 heavy (non-hydrogen) atoms. The number of carbonyl (C=O) groups excluding carboxylic acids is 1. The van der Waals surface area contributed by atoms with Crippen LogP contribution in [0.1, 0.15) is 34.7 Å². The molecule has 0 aliphatic carbocycles. The van der Waals surface area contributed by atoms with Crippen LogP contribution in [-0.2, 0) is 6.54 Å². The van der Waals surface area contributed by atoms with Crippen LogP contribution in [0, 0.1) is 5.82 Å². The molecule has 0 radical (unpaired) electrons. The lowest BCUT2D eigenvalue weighted by molar-refractivity contribution is 0.0937. The number of amides is 1. The van der Waals surface area contributed by atoms with Crippen molar-refractivity contribution in [1.29, 1.82) is 0 Å². The minimum atomic E-state index is -0.356. The van der Waals surface area contributed by atoms with Crippen molar-refractivity contribution >= 4 is 32.9 Å². The average molecular weight is 452 g/mol. The highest BCUT2D eigenvalue weighted by molar-refractivity contribution is 9.10. The number of carbonyl (C=O) groups is 1. The van der Waals surface area contributed by atoms with Crippen LogP contribution in [0.2, 0.25) is 0 Å². The quantitative estimate of drug-likeness (QED) is 0.436. The van der Waals surface area contributed by atoms with Gasteiger partial charge in [-0.05, 0) is 49.4 Å². The van der Waals surface area contributed by atoms with E-state index < -0.39 is 0 Å². The molecule has 1 heterocycles. The fourth-order valence-electron chi connectivity index (χ4n) is 3.33. The van der Waals surface area contributed by atoms with Crippen molar-refractivity contribution in [1.82, 2.24) is 14.9 Å². The third-order valence-corrected chi connectivity index (χ3v) is 5.34. The van der Waals surface area contributed by atoms with Gasteiger partial charge in [0.1, 0.15) is 11.6 Å². The highest BCUT2D eigenvalue weighted by Gasteiger charge is 2.20. The number of imidazole rings is 1. The normalized spacial score (nSPS) is 12.1. The third-order valence-electron chi connectivity index (χ3n) is 4.81. The molecular formula is C23H19BrFN3O. The molecule has 1 aromatic heterocycles. The van der Waals surface area contributed by atoms with Gasteiger partial charge in [0, 0.05) is 15.6 Å². The summed E-state index contributed by atoms with van der Waals surface area (Å²) in [7, 11) is 0. The van der Waals surface area contributed by atoms with Gasteiger partial charge in [-0.15, -0.1) is 0 Å². The SMILES string of the molecule is CC(NC(=O)c1ccc(Br)cc1)c1nc2ccccc2n1Cc1ccccc1F. The number of fused-ring (bicyclic) bond motifs is 1. The van der Waals surface area contributed by atoms with Crippen LogP contribution >= 0.6 is 15.9 Å². The zero-order valence-electron chi connectivity index (χ0n) is 15.8. The van der Waals surface area contributed by atoms with E-state index in [4.69, 9.17) is 4.98 Å². The Hall–Kier alpha value is -2.99. The standard InChI is InChI=1S/C23H19BrFN3O/c1-15(26-23(29)16-10-12-18(24)13-11-16)22-27-20-8-4-5-9-21(20)28(22)14-17-6-2-3-7-19(17)25/h2-13,15H,14H2,1H3,(H,26,29). The molecular weight excluding hydrogens is 433 g/mol. The third kappa shape index (κ3) is 4.07. The molecule has 146 valence electrons. The minimum absolute atomic E-state index is 0.186. The molecule has 1 N–H and O–H groups in total. The van der Waals surface area contributed by atoms with Crippen LogP contribution < -0.4 is 5.32 Å². The number of hydrogen-bond donors (Lipinski definition) is 1. The molecule has 0 saturated heterocycles. The number of nitrogens with one attached hydrogen (secondary N) is 1. The van der Waals surface area contributed by atoms with E-state index >= 15 is 0 Å².